The highest BCUT2D eigenvalue weighted by Gasteiger charge is 2.33. The van der Waals surface area contributed by atoms with Crippen molar-refractivity contribution < 1.29 is 19.2 Å². The van der Waals surface area contributed by atoms with Crippen LogP contribution in [0.1, 0.15) is 138 Å². The molecular weight excluding hydrogens is 622 g/mol. The zero-order valence-electron chi connectivity index (χ0n) is 29.4. The van der Waals surface area contributed by atoms with Gasteiger partial charge in [0.05, 0.1) is 0 Å². The average Bonchev–Trinajstić information content (AvgIpc) is 3.14. The van der Waals surface area contributed by atoms with Crippen molar-refractivity contribution in [1.82, 2.24) is 15.1 Å². The topological polar surface area (TPSA) is 86.8 Å². The number of amides is 4. The van der Waals surface area contributed by atoms with E-state index in [-0.39, 0.29) is 23.6 Å². The minimum atomic E-state index is -0.180. The third-order valence-electron chi connectivity index (χ3n) is 10.4. The Morgan fingerprint density at radius 2 is 0.660 bits per heavy atom. The van der Waals surface area contributed by atoms with Gasteiger partial charge >= 0.3 is 0 Å². The van der Waals surface area contributed by atoms with Gasteiger partial charge < -0.3 is 5.32 Å². The second-order valence-corrected chi connectivity index (χ2v) is 14.0. The number of benzene rings is 4. The maximum absolute atomic E-state index is 13.0. The third-order valence-corrected chi connectivity index (χ3v) is 10.4. The molecule has 50 heavy (non-hydrogen) atoms. The summed E-state index contributed by atoms with van der Waals surface area (Å²) in [6, 6.07) is 22.7. The second-order valence-electron chi connectivity index (χ2n) is 14.0. The predicted octanol–water partition coefficient (Wildman–Crippen LogP) is 9.33. The van der Waals surface area contributed by atoms with E-state index in [0.717, 1.165) is 66.7 Å². The van der Waals surface area contributed by atoms with Gasteiger partial charge in [0.2, 0.25) is 0 Å². The smallest absolute Gasteiger partial charge is 0.261 e. The first-order chi connectivity index (χ1) is 24.6. The molecule has 0 saturated carbocycles. The number of carbonyl (C=O) groups is 4. The number of rotatable bonds is 21. The summed E-state index contributed by atoms with van der Waals surface area (Å²) >= 11 is 0. The lowest BCUT2D eigenvalue weighted by Gasteiger charge is -2.27. The van der Waals surface area contributed by atoms with Crippen LogP contribution < -0.4 is 5.32 Å². The Kier molecular flexibility index (Phi) is 12.4. The molecule has 0 bridgehead atoms. The zero-order chi connectivity index (χ0) is 34.7. The van der Waals surface area contributed by atoms with Crippen LogP contribution in [0.3, 0.4) is 0 Å². The summed E-state index contributed by atoms with van der Waals surface area (Å²) in [7, 11) is 0. The van der Waals surface area contributed by atoms with Gasteiger partial charge in [0.1, 0.15) is 0 Å². The van der Waals surface area contributed by atoms with Gasteiger partial charge in [0, 0.05) is 46.1 Å². The predicted molar refractivity (Wildman–Crippen MR) is 201 cm³/mol. The summed E-state index contributed by atoms with van der Waals surface area (Å²) in [4.78, 5) is 54.9. The molecule has 0 radical (unpaired) electrons. The maximum Gasteiger partial charge on any atom is 0.261 e. The monoisotopic (exact) mass is 673 g/mol. The molecule has 0 saturated heterocycles. The maximum atomic E-state index is 13.0. The van der Waals surface area contributed by atoms with Crippen LogP contribution in [-0.2, 0) is 0 Å². The number of hydrogen-bond acceptors (Lipinski definition) is 5. The average molecular weight is 674 g/mol. The Balaban J connectivity index is 0.717. The van der Waals surface area contributed by atoms with Gasteiger partial charge in [-0.3, -0.25) is 29.0 Å². The molecule has 0 atom stereocenters. The zero-order valence-corrected chi connectivity index (χ0v) is 29.4. The van der Waals surface area contributed by atoms with E-state index >= 15 is 0 Å². The van der Waals surface area contributed by atoms with Crippen LogP contribution in [0.5, 0.6) is 0 Å². The molecule has 7 nitrogen and oxygen atoms in total. The van der Waals surface area contributed by atoms with E-state index in [2.05, 4.69) is 5.32 Å². The molecule has 2 aliphatic rings. The molecule has 1 N–H and O–H groups in total. The number of carbonyl (C=O) groups excluding carboxylic acids is 4. The van der Waals surface area contributed by atoms with Crippen molar-refractivity contribution in [2.24, 2.45) is 0 Å². The molecular formula is C43H51N3O4. The molecule has 0 unspecified atom stereocenters. The first kappa shape index (κ1) is 35.5. The van der Waals surface area contributed by atoms with Gasteiger partial charge in [-0.2, -0.15) is 0 Å². The summed E-state index contributed by atoms with van der Waals surface area (Å²) in [5.41, 5.74) is 2.55. The summed E-state index contributed by atoms with van der Waals surface area (Å²) in [5, 5.41) is 6.96. The van der Waals surface area contributed by atoms with Crippen molar-refractivity contribution in [3.8, 4) is 0 Å². The molecule has 0 fully saturated rings. The van der Waals surface area contributed by atoms with E-state index in [0.29, 0.717) is 35.3 Å². The van der Waals surface area contributed by atoms with Crippen LogP contribution in [0, 0.1) is 0 Å². The molecule has 4 aromatic carbocycles. The molecule has 6 rings (SSSR count). The van der Waals surface area contributed by atoms with E-state index in [9.17, 15) is 19.2 Å². The Hall–Kier alpha value is -4.36. The molecule has 262 valence electrons. The number of unbranched alkanes of at least 4 members (excludes halogenated alkanes) is 13. The van der Waals surface area contributed by atoms with Crippen LogP contribution in [-0.4, -0.2) is 59.6 Å². The van der Waals surface area contributed by atoms with Crippen LogP contribution in [0.15, 0.2) is 72.8 Å². The highest BCUT2D eigenvalue weighted by molar-refractivity contribution is 6.26. The quantitative estimate of drug-likeness (QED) is 0.0704. The standard InChI is InChI=1S/C43H51N3O4/c47-40-34-24-15-20-32-21-16-25-35(38(32)34)41(48)45(40)30-14-12-10-8-6-4-2-1-3-5-7-9-11-13-28-44-29-19-31-46-42(49)36-26-17-22-33-23-18-27-37(39(33)36)43(46)50/h15-18,20-27,44H,1-14,19,28-31H2. The number of hydrogen-bond donors (Lipinski definition) is 1. The second kappa shape index (κ2) is 17.5. The van der Waals surface area contributed by atoms with Crippen molar-refractivity contribution in [2.45, 2.75) is 96.3 Å². The lowest BCUT2D eigenvalue weighted by atomic mass is 9.94. The van der Waals surface area contributed by atoms with Gasteiger partial charge in [-0.25, -0.2) is 0 Å². The largest absolute Gasteiger partial charge is 0.317 e. The first-order valence-electron chi connectivity index (χ1n) is 19.0. The van der Waals surface area contributed by atoms with Crippen LogP contribution in [0.2, 0.25) is 0 Å². The Bertz CT molecular complexity index is 1600. The SMILES string of the molecule is O=C1c2cccc3cccc(c23)C(=O)N1CCCCCCCCCCCCCCCCNCCCN1C(=O)c2cccc3cccc(c23)C1=O. The molecule has 4 amide bonds. The lowest BCUT2D eigenvalue weighted by Crippen LogP contribution is -2.41. The molecule has 2 heterocycles. The van der Waals surface area contributed by atoms with Crippen molar-refractivity contribution in [1.29, 1.82) is 0 Å². The summed E-state index contributed by atoms with van der Waals surface area (Å²) < 4.78 is 0. The van der Waals surface area contributed by atoms with Gasteiger partial charge in [-0.1, -0.05) is 126 Å². The Labute approximate surface area is 296 Å². The van der Waals surface area contributed by atoms with E-state index in [1.165, 1.54) is 74.0 Å². The third kappa shape index (κ3) is 8.15. The minimum absolute atomic E-state index is 0.155. The van der Waals surface area contributed by atoms with Gasteiger partial charge in [0.25, 0.3) is 23.6 Å². The molecule has 0 spiro atoms. The van der Waals surface area contributed by atoms with Gasteiger partial charge in [-0.05, 0) is 67.4 Å². The van der Waals surface area contributed by atoms with E-state index in [1.807, 2.05) is 72.8 Å². The van der Waals surface area contributed by atoms with Crippen LogP contribution in [0.4, 0.5) is 0 Å². The molecule has 7 heteroatoms. The van der Waals surface area contributed by atoms with Gasteiger partial charge in [0.15, 0.2) is 0 Å². The number of nitrogens with one attached hydrogen (secondary N) is 1. The fourth-order valence-corrected chi connectivity index (χ4v) is 7.70. The number of nitrogens with zero attached hydrogens (tertiary/aromatic N) is 2. The minimum Gasteiger partial charge on any atom is -0.317 e. The molecule has 0 aromatic heterocycles. The number of imide groups is 2. The molecule has 4 aromatic rings. The van der Waals surface area contributed by atoms with Crippen molar-refractivity contribution in [2.75, 3.05) is 26.2 Å². The fourth-order valence-electron chi connectivity index (χ4n) is 7.70. The Morgan fingerprint density at radius 3 is 1.04 bits per heavy atom. The van der Waals surface area contributed by atoms with E-state index in [1.54, 1.807) is 0 Å². The van der Waals surface area contributed by atoms with Crippen molar-refractivity contribution in [3.63, 3.8) is 0 Å². The summed E-state index contributed by atoms with van der Waals surface area (Å²) in [5.74, 6) is -0.671. The van der Waals surface area contributed by atoms with E-state index in [4.69, 9.17) is 0 Å². The lowest BCUT2D eigenvalue weighted by molar-refractivity contribution is 0.0593. The van der Waals surface area contributed by atoms with Gasteiger partial charge in [-0.15, -0.1) is 0 Å². The summed E-state index contributed by atoms with van der Waals surface area (Å²) in [6.45, 7) is 2.72. The van der Waals surface area contributed by atoms with Crippen LogP contribution in [0.25, 0.3) is 21.5 Å². The highest BCUT2D eigenvalue weighted by atomic mass is 16.2. The highest BCUT2D eigenvalue weighted by Crippen LogP contribution is 2.31. The first-order valence-corrected chi connectivity index (χ1v) is 19.0. The van der Waals surface area contributed by atoms with Crippen LogP contribution >= 0.6 is 0 Å². The van der Waals surface area contributed by atoms with Crippen molar-refractivity contribution >= 4 is 45.2 Å². The van der Waals surface area contributed by atoms with Crippen molar-refractivity contribution in [3.05, 3.63) is 95.1 Å². The van der Waals surface area contributed by atoms with E-state index < -0.39 is 0 Å². The fraction of sp³-hybridized carbons (Fsp3) is 0.442. The molecule has 0 aliphatic carbocycles. The summed E-state index contributed by atoms with van der Waals surface area (Å²) in [6.07, 6.45) is 17.8. The normalized spacial score (nSPS) is 14.1. The Morgan fingerprint density at radius 1 is 0.360 bits per heavy atom. The molecule has 2 aliphatic heterocycles.